The molecule has 0 aliphatic carbocycles. The molecule has 0 saturated carbocycles. The van der Waals surface area contributed by atoms with Gasteiger partial charge in [-0.05, 0) is 30.9 Å². The first-order valence-corrected chi connectivity index (χ1v) is 6.43. The molecule has 17 heavy (non-hydrogen) atoms. The van der Waals surface area contributed by atoms with E-state index < -0.39 is 11.9 Å². The van der Waals surface area contributed by atoms with Crippen LogP contribution in [0.25, 0.3) is 0 Å². The normalized spacial score (nSPS) is 12.2. The Morgan fingerprint density at radius 2 is 2.24 bits per heavy atom. The summed E-state index contributed by atoms with van der Waals surface area (Å²) in [6.45, 7) is 2.03. The zero-order valence-electron chi connectivity index (χ0n) is 10.2. The van der Waals surface area contributed by atoms with Gasteiger partial charge in [-0.1, -0.05) is 0 Å². The third-order valence-electron chi connectivity index (χ3n) is 2.66. The van der Waals surface area contributed by atoms with E-state index in [1.54, 1.807) is 11.8 Å². The lowest BCUT2D eigenvalue weighted by molar-refractivity contribution is -0.138. The quantitative estimate of drug-likeness (QED) is 0.786. The lowest BCUT2D eigenvalue weighted by Crippen LogP contribution is -2.21. The molecule has 0 amide bonds. The maximum atomic E-state index is 11.1. The van der Waals surface area contributed by atoms with Crippen molar-refractivity contribution < 1.29 is 14.6 Å². The van der Waals surface area contributed by atoms with Gasteiger partial charge in [0.15, 0.2) is 0 Å². The highest BCUT2D eigenvalue weighted by molar-refractivity contribution is 7.98. The standard InChI is InChI=1S/C12H17NO3S/c1-7-4-10(16-2)8(5-11(7)17-3)9(6-13)12(14)15/h4-5,9H,6,13H2,1-3H3,(H,14,15). The molecule has 0 spiro atoms. The number of carboxylic acid groups (broad SMARTS) is 1. The summed E-state index contributed by atoms with van der Waals surface area (Å²) < 4.78 is 5.23. The molecule has 0 aliphatic heterocycles. The largest absolute Gasteiger partial charge is 0.496 e. The van der Waals surface area contributed by atoms with E-state index in [9.17, 15) is 4.79 Å². The molecule has 5 heteroatoms. The van der Waals surface area contributed by atoms with Crippen LogP contribution in [-0.4, -0.2) is 31.0 Å². The molecule has 0 saturated heterocycles. The molecule has 0 bridgehead atoms. The fourth-order valence-corrected chi connectivity index (χ4v) is 2.33. The topological polar surface area (TPSA) is 72.5 Å². The summed E-state index contributed by atoms with van der Waals surface area (Å²) in [7, 11) is 1.53. The van der Waals surface area contributed by atoms with Crippen LogP contribution in [0.3, 0.4) is 0 Å². The number of thioether (sulfide) groups is 1. The van der Waals surface area contributed by atoms with Gasteiger partial charge >= 0.3 is 5.97 Å². The van der Waals surface area contributed by atoms with Crippen molar-refractivity contribution in [1.82, 2.24) is 0 Å². The number of methoxy groups -OCH3 is 1. The molecule has 0 heterocycles. The summed E-state index contributed by atoms with van der Waals surface area (Å²) in [5.41, 5.74) is 7.22. The average molecular weight is 255 g/mol. The Morgan fingerprint density at radius 1 is 1.59 bits per heavy atom. The van der Waals surface area contributed by atoms with E-state index in [4.69, 9.17) is 15.6 Å². The summed E-state index contributed by atoms with van der Waals surface area (Å²) in [6.07, 6.45) is 1.96. The second-order valence-electron chi connectivity index (χ2n) is 3.69. The minimum atomic E-state index is -0.929. The first-order valence-electron chi connectivity index (χ1n) is 5.20. The van der Waals surface area contributed by atoms with Crippen LogP contribution in [0.2, 0.25) is 0 Å². The highest BCUT2D eigenvalue weighted by atomic mass is 32.2. The molecule has 0 radical (unpaired) electrons. The lowest BCUT2D eigenvalue weighted by atomic mass is 9.97. The minimum absolute atomic E-state index is 0.0581. The smallest absolute Gasteiger partial charge is 0.312 e. The number of aliphatic carboxylic acids is 1. The third kappa shape index (κ3) is 2.92. The Labute approximate surface area is 105 Å². The van der Waals surface area contributed by atoms with Crippen molar-refractivity contribution in [2.75, 3.05) is 19.9 Å². The number of carboxylic acids is 1. The van der Waals surface area contributed by atoms with Crippen LogP contribution in [0.5, 0.6) is 5.75 Å². The van der Waals surface area contributed by atoms with E-state index in [2.05, 4.69) is 0 Å². The highest BCUT2D eigenvalue weighted by Gasteiger charge is 2.23. The van der Waals surface area contributed by atoms with Crippen LogP contribution in [-0.2, 0) is 4.79 Å². The molecule has 1 aromatic rings. The van der Waals surface area contributed by atoms with Gasteiger partial charge in [-0.3, -0.25) is 4.79 Å². The Balaban J connectivity index is 3.33. The van der Waals surface area contributed by atoms with Gasteiger partial charge in [0.2, 0.25) is 0 Å². The number of aryl methyl sites for hydroxylation is 1. The van der Waals surface area contributed by atoms with Crippen molar-refractivity contribution >= 4 is 17.7 Å². The summed E-state index contributed by atoms with van der Waals surface area (Å²) in [4.78, 5) is 12.2. The van der Waals surface area contributed by atoms with Crippen LogP contribution >= 0.6 is 11.8 Å². The Bertz CT molecular complexity index is 420. The van der Waals surface area contributed by atoms with E-state index in [-0.39, 0.29) is 6.54 Å². The van der Waals surface area contributed by atoms with Crippen LogP contribution in [0.1, 0.15) is 17.0 Å². The average Bonchev–Trinajstić information content (AvgIpc) is 2.30. The van der Waals surface area contributed by atoms with Crippen molar-refractivity contribution in [3.8, 4) is 5.75 Å². The van der Waals surface area contributed by atoms with Crippen LogP contribution < -0.4 is 10.5 Å². The maximum Gasteiger partial charge on any atom is 0.312 e. The Morgan fingerprint density at radius 3 is 2.65 bits per heavy atom. The molecule has 1 aromatic carbocycles. The first-order chi connectivity index (χ1) is 8.04. The molecule has 1 atom stereocenters. The van der Waals surface area contributed by atoms with E-state index in [1.807, 2.05) is 25.3 Å². The monoisotopic (exact) mass is 255 g/mol. The molecule has 3 N–H and O–H groups in total. The van der Waals surface area contributed by atoms with Gasteiger partial charge in [-0.25, -0.2) is 0 Å². The minimum Gasteiger partial charge on any atom is -0.496 e. The molecule has 1 rings (SSSR count). The maximum absolute atomic E-state index is 11.1. The van der Waals surface area contributed by atoms with E-state index in [1.165, 1.54) is 7.11 Å². The van der Waals surface area contributed by atoms with Gasteiger partial charge in [0.05, 0.1) is 13.0 Å². The summed E-state index contributed by atoms with van der Waals surface area (Å²) in [5.74, 6) is -1.07. The van der Waals surface area contributed by atoms with E-state index in [0.29, 0.717) is 11.3 Å². The van der Waals surface area contributed by atoms with Crippen LogP contribution in [0, 0.1) is 6.92 Å². The zero-order chi connectivity index (χ0) is 13.0. The van der Waals surface area contributed by atoms with E-state index >= 15 is 0 Å². The fourth-order valence-electron chi connectivity index (χ4n) is 1.71. The number of benzene rings is 1. The lowest BCUT2D eigenvalue weighted by Gasteiger charge is -2.17. The predicted octanol–water partition coefficient (Wildman–Crippen LogP) is 1.85. The molecule has 1 unspecified atom stereocenters. The van der Waals surface area contributed by atoms with E-state index in [0.717, 1.165) is 10.5 Å². The Hall–Kier alpha value is -1.20. The molecule has 94 valence electrons. The van der Waals surface area contributed by atoms with Gasteiger partial charge in [0.25, 0.3) is 0 Å². The van der Waals surface area contributed by atoms with Gasteiger partial charge < -0.3 is 15.6 Å². The number of hydrogen-bond donors (Lipinski definition) is 2. The number of carbonyl (C=O) groups is 1. The number of rotatable bonds is 5. The van der Waals surface area contributed by atoms with Crippen molar-refractivity contribution in [1.29, 1.82) is 0 Å². The number of ether oxygens (including phenoxy) is 1. The summed E-state index contributed by atoms with van der Waals surface area (Å²) in [5, 5.41) is 9.14. The summed E-state index contributed by atoms with van der Waals surface area (Å²) in [6, 6.07) is 3.71. The van der Waals surface area contributed by atoms with Gasteiger partial charge in [0.1, 0.15) is 5.75 Å². The van der Waals surface area contributed by atoms with Crippen molar-refractivity contribution in [3.05, 3.63) is 23.3 Å². The van der Waals surface area contributed by atoms with Crippen molar-refractivity contribution in [3.63, 3.8) is 0 Å². The molecular weight excluding hydrogens is 238 g/mol. The second kappa shape index (κ2) is 5.93. The fraction of sp³-hybridized carbons (Fsp3) is 0.417. The molecular formula is C12H17NO3S. The number of nitrogens with two attached hydrogens (primary N) is 1. The van der Waals surface area contributed by atoms with Crippen LogP contribution in [0.4, 0.5) is 0 Å². The molecule has 0 aromatic heterocycles. The van der Waals surface area contributed by atoms with Gasteiger partial charge in [-0.2, -0.15) is 0 Å². The Kier molecular flexibility index (Phi) is 4.84. The highest BCUT2D eigenvalue weighted by Crippen LogP contribution is 2.33. The summed E-state index contributed by atoms with van der Waals surface area (Å²) >= 11 is 1.58. The van der Waals surface area contributed by atoms with Crippen molar-refractivity contribution in [2.24, 2.45) is 5.73 Å². The van der Waals surface area contributed by atoms with Crippen LogP contribution in [0.15, 0.2) is 17.0 Å². The molecule has 4 nitrogen and oxygen atoms in total. The van der Waals surface area contributed by atoms with Gasteiger partial charge in [0, 0.05) is 17.0 Å². The zero-order valence-corrected chi connectivity index (χ0v) is 11.0. The van der Waals surface area contributed by atoms with Crippen molar-refractivity contribution in [2.45, 2.75) is 17.7 Å². The third-order valence-corrected chi connectivity index (χ3v) is 3.54. The first kappa shape index (κ1) is 13.9. The second-order valence-corrected chi connectivity index (χ2v) is 4.54. The van der Waals surface area contributed by atoms with Gasteiger partial charge in [-0.15, -0.1) is 11.8 Å². The molecule has 0 aliphatic rings. The predicted molar refractivity (Wildman–Crippen MR) is 68.9 cm³/mol. The molecule has 0 fully saturated rings. The SMILES string of the molecule is COc1cc(C)c(SC)cc1C(CN)C(=O)O. The number of hydrogen-bond acceptors (Lipinski definition) is 4.